The van der Waals surface area contributed by atoms with E-state index in [4.69, 9.17) is 9.47 Å². The minimum Gasteiger partial charge on any atom is -0.501 e. The van der Waals surface area contributed by atoms with Crippen LogP contribution in [-0.4, -0.2) is 34.3 Å². The van der Waals surface area contributed by atoms with E-state index in [1.165, 1.54) is 10.7 Å². The van der Waals surface area contributed by atoms with Crippen molar-refractivity contribution in [3.05, 3.63) is 42.2 Å². The third-order valence-electron chi connectivity index (χ3n) is 4.31. The molecule has 0 aliphatic rings. The average molecular weight is 379 g/mol. The Morgan fingerprint density at radius 2 is 2.04 bits per heavy atom. The van der Waals surface area contributed by atoms with Crippen LogP contribution >= 0.6 is 0 Å². The number of aryl methyl sites for hydroxylation is 1. The summed E-state index contributed by atoms with van der Waals surface area (Å²) in [6.07, 6.45) is 0.839. The van der Waals surface area contributed by atoms with Crippen LogP contribution in [0.2, 0.25) is 0 Å². The number of hydrogen-bond acceptors (Lipinski definition) is 5. The molecule has 1 heterocycles. The molecule has 1 aromatic carbocycles. The molecule has 8 heteroatoms. The fraction of sp³-hybridized carbons (Fsp3) is 0.421. The Kier molecular flexibility index (Phi) is 6.30. The highest BCUT2D eigenvalue weighted by Crippen LogP contribution is 2.30. The van der Waals surface area contributed by atoms with Gasteiger partial charge in [-0.25, -0.2) is 13.5 Å². The number of nitrogens with zero attached hydrogens (tertiary/aromatic N) is 3. The van der Waals surface area contributed by atoms with Crippen molar-refractivity contribution in [1.29, 1.82) is 0 Å². The molecule has 6 nitrogen and oxygen atoms in total. The van der Waals surface area contributed by atoms with Gasteiger partial charge in [0, 0.05) is 24.9 Å². The molecule has 0 bridgehead atoms. The van der Waals surface area contributed by atoms with Gasteiger partial charge < -0.3 is 9.47 Å². The molecule has 2 aromatic rings. The van der Waals surface area contributed by atoms with Crippen LogP contribution in [-0.2, 0) is 16.6 Å². The first-order chi connectivity index (χ1) is 12.6. The van der Waals surface area contributed by atoms with Crippen molar-refractivity contribution in [2.24, 2.45) is 12.5 Å². The van der Waals surface area contributed by atoms with Crippen LogP contribution in [0.15, 0.2) is 30.5 Å². The van der Waals surface area contributed by atoms with E-state index in [-0.39, 0.29) is 41.6 Å². The summed E-state index contributed by atoms with van der Waals surface area (Å²) < 4.78 is 38.7. The Balaban J connectivity index is 1.97. The zero-order valence-corrected chi connectivity index (χ0v) is 15.9. The lowest BCUT2D eigenvalue weighted by atomic mass is 9.85. The van der Waals surface area contributed by atoms with E-state index in [2.05, 4.69) is 16.7 Å². The maximum atomic E-state index is 13.9. The van der Waals surface area contributed by atoms with Gasteiger partial charge in [0.2, 0.25) is 0 Å². The van der Waals surface area contributed by atoms with Crippen molar-refractivity contribution in [3.63, 3.8) is 0 Å². The van der Waals surface area contributed by atoms with Gasteiger partial charge in [0.15, 0.2) is 11.6 Å². The number of carbonyl (C=O) groups excluding carboxylic acids is 1. The molecule has 0 atom stereocenters. The van der Waals surface area contributed by atoms with Gasteiger partial charge in [0.1, 0.15) is 18.2 Å². The molecule has 0 fully saturated rings. The predicted octanol–water partition coefficient (Wildman–Crippen LogP) is 3.67. The largest absolute Gasteiger partial charge is 0.501 e. The Hall–Kier alpha value is -2.77. The van der Waals surface area contributed by atoms with Crippen molar-refractivity contribution in [2.75, 3.05) is 13.7 Å². The minimum absolute atomic E-state index is 0.0508. The van der Waals surface area contributed by atoms with Crippen LogP contribution in [0.5, 0.6) is 6.01 Å². The van der Waals surface area contributed by atoms with Crippen LogP contribution in [0.4, 0.5) is 8.78 Å². The first-order valence-corrected chi connectivity index (χ1v) is 8.38. The zero-order chi connectivity index (χ0) is 20.2. The summed E-state index contributed by atoms with van der Waals surface area (Å²) in [7, 11) is 3.10. The molecule has 1 aromatic heterocycles. The van der Waals surface area contributed by atoms with Crippen molar-refractivity contribution >= 4 is 5.78 Å². The summed E-state index contributed by atoms with van der Waals surface area (Å²) in [4.78, 5) is 16.1. The number of ether oxygens (including phenoxy) is 2. The van der Waals surface area contributed by atoms with E-state index >= 15 is 0 Å². The van der Waals surface area contributed by atoms with Crippen LogP contribution in [0.1, 0.15) is 26.7 Å². The fourth-order valence-corrected chi connectivity index (χ4v) is 2.41. The zero-order valence-electron chi connectivity index (χ0n) is 15.9. The van der Waals surface area contributed by atoms with Gasteiger partial charge in [-0.3, -0.25) is 4.79 Å². The molecule has 146 valence electrons. The van der Waals surface area contributed by atoms with Gasteiger partial charge in [-0.15, -0.1) is 5.10 Å². The van der Waals surface area contributed by atoms with E-state index in [1.54, 1.807) is 14.2 Å². The van der Waals surface area contributed by atoms with Crippen molar-refractivity contribution in [3.8, 4) is 17.4 Å². The van der Waals surface area contributed by atoms with Gasteiger partial charge >= 0.3 is 6.01 Å². The highest BCUT2D eigenvalue weighted by molar-refractivity contribution is 5.79. The van der Waals surface area contributed by atoms with Gasteiger partial charge in [-0.1, -0.05) is 20.4 Å². The number of halogens is 2. The number of ketones is 1. The lowest BCUT2D eigenvalue weighted by molar-refractivity contribution is -0.121. The fourth-order valence-electron chi connectivity index (χ4n) is 2.41. The highest BCUT2D eigenvalue weighted by atomic mass is 19.1. The number of aromatic nitrogens is 3. The van der Waals surface area contributed by atoms with E-state index in [0.717, 1.165) is 12.1 Å². The molecule has 0 saturated carbocycles. The second-order valence-corrected chi connectivity index (χ2v) is 6.80. The quantitative estimate of drug-likeness (QED) is 0.622. The molecule has 2 rings (SSSR count). The second kappa shape index (κ2) is 8.28. The average Bonchev–Trinajstić information content (AvgIpc) is 2.98. The summed E-state index contributed by atoms with van der Waals surface area (Å²) in [5, 5.41) is 4.01. The number of Topliss-reactive ketones (excluding diaryl/α,β-unsaturated/α-hetero) is 1. The van der Waals surface area contributed by atoms with Gasteiger partial charge in [-0.05, 0) is 18.6 Å². The maximum Gasteiger partial charge on any atom is 0.336 e. The number of rotatable bonds is 9. The Labute approximate surface area is 156 Å². The van der Waals surface area contributed by atoms with Crippen molar-refractivity contribution < 1.29 is 23.0 Å². The van der Waals surface area contributed by atoms with Crippen LogP contribution in [0.3, 0.4) is 0 Å². The number of allylic oxidation sites excluding steroid dienone is 1. The number of hydrogen-bond donors (Lipinski definition) is 0. The molecule has 0 spiro atoms. The van der Waals surface area contributed by atoms with Crippen molar-refractivity contribution in [2.45, 2.75) is 26.7 Å². The standard InChI is InChI=1S/C19H23F2N3O3/c1-12(26-5)19(2,3)9-8-14(25)11-27-18-22-17(24(4)23-18)15-7-6-13(20)10-16(15)21/h6-7,10H,1,8-9,11H2,2-5H3. The smallest absolute Gasteiger partial charge is 0.336 e. The molecule has 0 N–H and O–H groups in total. The van der Waals surface area contributed by atoms with E-state index in [0.29, 0.717) is 12.2 Å². The Morgan fingerprint density at radius 1 is 1.33 bits per heavy atom. The third kappa shape index (κ3) is 5.12. The second-order valence-electron chi connectivity index (χ2n) is 6.80. The summed E-state index contributed by atoms with van der Waals surface area (Å²) in [6, 6.07) is 3.12. The normalized spacial score (nSPS) is 11.3. The molecule has 0 aliphatic heterocycles. The Morgan fingerprint density at radius 3 is 2.67 bits per heavy atom. The lowest BCUT2D eigenvalue weighted by Gasteiger charge is -2.25. The molecular formula is C19H23F2N3O3. The molecule has 27 heavy (non-hydrogen) atoms. The third-order valence-corrected chi connectivity index (χ3v) is 4.31. The maximum absolute atomic E-state index is 13.9. The van der Waals surface area contributed by atoms with Crippen LogP contribution in [0.25, 0.3) is 11.4 Å². The van der Waals surface area contributed by atoms with E-state index < -0.39 is 11.6 Å². The number of methoxy groups -OCH3 is 1. The van der Waals surface area contributed by atoms with Gasteiger partial charge in [0.25, 0.3) is 0 Å². The molecule has 0 saturated heterocycles. The van der Waals surface area contributed by atoms with Gasteiger partial charge in [0.05, 0.1) is 18.4 Å². The monoisotopic (exact) mass is 379 g/mol. The first kappa shape index (κ1) is 20.5. The van der Waals surface area contributed by atoms with Crippen molar-refractivity contribution in [1.82, 2.24) is 14.8 Å². The molecule has 0 unspecified atom stereocenters. The Bertz CT molecular complexity index is 847. The molecule has 0 radical (unpaired) electrons. The predicted molar refractivity (Wildman–Crippen MR) is 96.0 cm³/mol. The van der Waals surface area contributed by atoms with Crippen LogP contribution < -0.4 is 4.74 Å². The SMILES string of the molecule is C=C(OC)C(C)(C)CCC(=O)COc1nc(-c2ccc(F)cc2F)n(C)n1. The summed E-state index contributed by atoms with van der Waals surface area (Å²) in [5.41, 5.74) is -0.242. The molecule has 0 amide bonds. The van der Waals surface area contributed by atoms with Gasteiger partial charge in [-0.2, -0.15) is 4.98 Å². The lowest BCUT2D eigenvalue weighted by Crippen LogP contribution is -2.19. The molecular weight excluding hydrogens is 356 g/mol. The van der Waals surface area contributed by atoms with Crippen LogP contribution in [0, 0.1) is 17.0 Å². The summed E-state index contributed by atoms with van der Waals surface area (Å²) in [6.45, 7) is 7.51. The topological polar surface area (TPSA) is 66.2 Å². The summed E-state index contributed by atoms with van der Waals surface area (Å²) in [5.74, 6) is -0.789. The highest BCUT2D eigenvalue weighted by Gasteiger charge is 2.24. The van der Waals surface area contributed by atoms with E-state index in [1.807, 2.05) is 13.8 Å². The minimum atomic E-state index is -0.756. The first-order valence-electron chi connectivity index (χ1n) is 8.38. The number of benzene rings is 1. The molecule has 0 aliphatic carbocycles. The van der Waals surface area contributed by atoms with E-state index in [9.17, 15) is 13.6 Å². The number of carbonyl (C=O) groups is 1. The summed E-state index contributed by atoms with van der Waals surface area (Å²) >= 11 is 0.